The van der Waals surface area contributed by atoms with Crippen LogP contribution in [-0.4, -0.2) is 0 Å². The van der Waals surface area contributed by atoms with E-state index in [0.29, 0.717) is 0 Å². The van der Waals surface area contributed by atoms with Gasteiger partial charge in [0.25, 0.3) is 0 Å². The molecule has 0 spiro atoms. The molecule has 0 N–H and O–H groups in total. The van der Waals surface area contributed by atoms with Gasteiger partial charge in [0.1, 0.15) is 0 Å². The van der Waals surface area contributed by atoms with Crippen LogP contribution in [0.15, 0.2) is 46.2 Å². The fourth-order valence-corrected chi connectivity index (χ4v) is 2.95. The van der Waals surface area contributed by atoms with Gasteiger partial charge in [-0.05, 0) is 62.1 Å². The number of aryl methyl sites for hydroxylation is 2. The Bertz CT molecular complexity index is 492. The molecule has 0 aliphatic rings. The summed E-state index contributed by atoms with van der Waals surface area (Å²) in [5.74, 6) is 0. The normalized spacial score (nSPS) is 10.6. The van der Waals surface area contributed by atoms with Gasteiger partial charge in [-0.25, -0.2) is 0 Å². The summed E-state index contributed by atoms with van der Waals surface area (Å²) in [6.07, 6.45) is 0. The molecule has 0 unspecified atom stereocenters. The Kier molecular flexibility index (Phi) is 3.58. The first kappa shape index (κ1) is 12.3. The predicted molar refractivity (Wildman–Crippen MR) is 76.0 cm³/mol. The molecule has 0 radical (unpaired) electrons. The summed E-state index contributed by atoms with van der Waals surface area (Å²) in [5, 5.41) is 0. The van der Waals surface area contributed by atoms with Crippen molar-refractivity contribution < 1.29 is 0 Å². The first-order valence-electron chi connectivity index (χ1n) is 5.90. The first-order chi connectivity index (χ1) is 8.09. The van der Waals surface area contributed by atoms with Gasteiger partial charge < -0.3 is 0 Å². The second-order valence-electron chi connectivity index (χ2n) is 4.50. The minimum Gasteiger partial charge on any atom is -0.0895 e. The Morgan fingerprint density at radius 3 is 1.47 bits per heavy atom. The van der Waals surface area contributed by atoms with Crippen molar-refractivity contribution in [2.75, 3.05) is 0 Å². The van der Waals surface area contributed by atoms with E-state index in [1.807, 2.05) is 11.8 Å². The number of benzene rings is 2. The maximum atomic E-state index is 2.20. The van der Waals surface area contributed by atoms with Crippen LogP contribution >= 0.6 is 11.8 Å². The van der Waals surface area contributed by atoms with Gasteiger partial charge in [-0.3, -0.25) is 0 Å². The van der Waals surface area contributed by atoms with Gasteiger partial charge in [0, 0.05) is 9.79 Å². The van der Waals surface area contributed by atoms with E-state index in [0.717, 1.165) is 0 Å². The highest BCUT2D eigenvalue weighted by Gasteiger charge is 2.06. The quantitative estimate of drug-likeness (QED) is 0.708. The Labute approximate surface area is 108 Å². The second kappa shape index (κ2) is 4.97. The zero-order chi connectivity index (χ0) is 12.4. The number of rotatable bonds is 2. The molecule has 0 amide bonds. The molecule has 0 aromatic heterocycles. The summed E-state index contributed by atoms with van der Waals surface area (Å²) in [5.41, 5.74) is 5.50. The molecular formula is C16H18S. The maximum absolute atomic E-state index is 2.20. The van der Waals surface area contributed by atoms with Crippen LogP contribution in [0.4, 0.5) is 0 Å². The van der Waals surface area contributed by atoms with E-state index in [-0.39, 0.29) is 0 Å². The van der Waals surface area contributed by atoms with Crippen LogP contribution < -0.4 is 0 Å². The van der Waals surface area contributed by atoms with Gasteiger partial charge in [0.05, 0.1) is 0 Å². The molecule has 0 fully saturated rings. The second-order valence-corrected chi connectivity index (χ2v) is 5.58. The predicted octanol–water partition coefficient (Wildman–Crippen LogP) is 5.07. The van der Waals surface area contributed by atoms with Crippen LogP contribution in [0.2, 0.25) is 0 Å². The lowest BCUT2D eigenvalue weighted by molar-refractivity contribution is 1.20. The summed E-state index contributed by atoms with van der Waals surface area (Å²) in [6, 6.07) is 13.0. The SMILES string of the molecule is Cc1cccc(Sc2cccc(C)c2C)c1C. The molecular weight excluding hydrogens is 224 g/mol. The summed E-state index contributed by atoms with van der Waals surface area (Å²) in [4.78, 5) is 2.72. The lowest BCUT2D eigenvalue weighted by Gasteiger charge is -2.11. The van der Waals surface area contributed by atoms with Gasteiger partial charge >= 0.3 is 0 Å². The molecule has 0 bridgehead atoms. The highest BCUT2D eigenvalue weighted by Crippen LogP contribution is 2.34. The van der Waals surface area contributed by atoms with E-state index in [1.165, 1.54) is 32.0 Å². The van der Waals surface area contributed by atoms with Gasteiger partial charge in [0.2, 0.25) is 0 Å². The van der Waals surface area contributed by atoms with E-state index in [2.05, 4.69) is 64.1 Å². The van der Waals surface area contributed by atoms with E-state index in [4.69, 9.17) is 0 Å². The fourth-order valence-electron chi connectivity index (χ4n) is 1.79. The molecule has 0 saturated carbocycles. The molecule has 0 heterocycles. The average Bonchev–Trinajstić information content (AvgIpc) is 2.31. The van der Waals surface area contributed by atoms with Crippen LogP contribution in [0, 0.1) is 27.7 Å². The molecule has 88 valence electrons. The van der Waals surface area contributed by atoms with Crippen LogP contribution in [0.1, 0.15) is 22.3 Å². The third-order valence-electron chi connectivity index (χ3n) is 3.33. The van der Waals surface area contributed by atoms with Gasteiger partial charge in [0.15, 0.2) is 0 Å². The van der Waals surface area contributed by atoms with Crippen molar-refractivity contribution in [2.24, 2.45) is 0 Å². The molecule has 1 heteroatoms. The molecule has 0 atom stereocenters. The molecule has 0 saturated heterocycles. The third kappa shape index (κ3) is 2.55. The van der Waals surface area contributed by atoms with E-state index < -0.39 is 0 Å². The van der Waals surface area contributed by atoms with Crippen molar-refractivity contribution in [3.8, 4) is 0 Å². The largest absolute Gasteiger partial charge is 0.0895 e. The minimum atomic E-state index is 1.36. The zero-order valence-electron chi connectivity index (χ0n) is 10.9. The highest BCUT2D eigenvalue weighted by molar-refractivity contribution is 7.99. The standard InChI is InChI=1S/C16H18S/c1-11-7-5-9-15(13(11)3)17-16-10-6-8-12(2)14(16)4/h5-10H,1-4H3. The summed E-state index contributed by atoms with van der Waals surface area (Å²) < 4.78 is 0. The maximum Gasteiger partial charge on any atom is 0.0154 e. The zero-order valence-corrected chi connectivity index (χ0v) is 11.7. The highest BCUT2D eigenvalue weighted by atomic mass is 32.2. The van der Waals surface area contributed by atoms with Crippen LogP contribution in [-0.2, 0) is 0 Å². The number of hydrogen-bond acceptors (Lipinski definition) is 1. The third-order valence-corrected chi connectivity index (χ3v) is 4.65. The Morgan fingerprint density at radius 1 is 0.647 bits per heavy atom. The van der Waals surface area contributed by atoms with Crippen molar-refractivity contribution in [1.82, 2.24) is 0 Å². The smallest absolute Gasteiger partial charge is 0.0154 e. The van der Waals surface area contributed by atoms with Crippen molar-refractivity contribution in [3.05, 3.63) is 58.7 Å². The summed E-state index contributed by atoms with van der Waals surface area (Å²) >= 11 is 1.87. The minimum absolute atomic E-state index is 1.36. The van der Waals surface area contributed by atoms with Gasteiger partial charge in [-0.1, -0.05) is 36.0 Å². The molecule has 17 heavy (non-hydrogen) atoms. The van der Waals surface area contributed by atoms with Crippen LogP contribution in [0.3, 0.4) is 0 Å². The van der Waals surface area contributed by atoms with Gasteiger partial charge in [-0.2, -0.15) is 0 Å². The lowest BCUT2D eigenvalue weighted by atomic mass is 10.1. The van der Waals surface area contributed by atoms with Crippen molar-refractivity contribution in [3.63, 3.8) is 0 Å². The topological polar surface area (TPSA) is 0 Å². The van der Waals surface area contributed by atoms with Gasteiger partial charge in [-0.15, -0.1) is 0 Å². The van der Waals surface area contributed by atoms with Crippen molar-refractivity contribution in [1.29, 1.82) is 0 Å². The molecule has 0 aliphatic heterocycles. The molecule has 0 aliphatic carbocycles. The van der Waals surface area contributed by atoms with Crippen LogP contribution in [0.25, 0.3) is 0 Å². The molecule has 0 nitrogen and oxygen atoms in total. The lowest BCUT2D eigenvalue weighted by Crippen LogP contribution is -1.87. The van der Waals surface area contributed by atoms with E-state index in [1.54, 1.807) is 0 Å². The van der Waals surface area contributed by atoms with E-state index in [9.17, 15) is 0 Å². The number of hydrogen-bond donors (Lipinski definition) is 0. The van der Waals surface area contributed by atoms with E-state index >= 15 is 0 Å². The fraction of sp³-hybridized carbons (Fsp3) is 0.250. The Balaban J connectivity index is 2.38. The summed E-state index contributed by atoms with van der Waals surface area (Å²) in [7, 11) is 0. The Hall–Kier alpha value is -1.21. The summed E-state index contributed by atoms with van der Waals surface area (Å²) in [6.45, 7) is 8.73. The Morgan fingerprint density at radius 2 is 1.06 bits per heavy atom. The van der Waals surface area contributed by atoms with Crippen LogP contribution in [0.5, 0.6) is 0 Å². The molecule has 2 rings (SSSR count). The molecule has 2 aromatic rings. The first-order valence-corrected chi connectivity index (χ1v) is 6.71. The van der Waals surface area contributed by atoms with Crippen molar-refractivity contribution in [2.45, 2.75) is 37.5 Å². The molecule has 2 aromatic carbocycles. The average molecular weight is 242 g/mol. The monoisotopic (exact) mass is 242 g/mol. The van der Waals surface area contributed by atoms with Crippen molar-refractivity contribution >= 4 is 11.8 Å².